The van der Waals surface area contributed by atoms with E-state index < -0.39 is 9.84 Å². The standard InChI is InChI=1S/C15H28N2O2S/c1-20(18,19)14-7-5-6-13(14)17-11-10-16-12-15(17)8-3-2-4-9-15/h13-14,16H,2-12H2,1H3. The van der Waals surface area contributed by atoms with Gasteiger partial charge in [-0.25, -0.2) is 8.42 Å². The van der Waals surface area contributed by atoms with Crippen LogP contribution in [0.1, 0.15) is 51.4 Å². The summed E-state index contributed by atoms with van der Waals surface area (Å²) in [7, 11) is -2.92. The first kappa shape index (κ1) is 14.8. The third-order valence-electron chi connectivity index (χ3n) is 5.75. The lowest BCUT2D eigenvalue weighted by molar-refractivity contribution is -0.00433. The summed E-state index contributed by atoms with van der Waals surface area (Å²) in [5, 5.41) is 3.44. The van der Waals surface area contributed by atoms with Gasteiger partial charge in [-0.3, -0.25) is 4.90 Å². The molecule has 1 saturated heterocycles. The Morgan fingerprint density at radius 3 is 2.55 bits per heavy atom. The Hall–Kier alpha value is -0.130. The normalized spacial score (nSPS) is 35.5. The second-order valence-corrected chi connectivity index (χ2v) is 9.29. The molecule has 3 aliphatic rings. The van der Waals surface area contributed by atoms with E-state index in [1.165, 1.54) is 38.4 Å². The molecule has 20 heavy (non-hydrogen) atoms. The van der Waals surface area contributed by atoms with E-state index in [0.29, 0.717) is 0 Å². The van der Waals surface area contributed by atoms with Crippen molar-refractivity contribution in [3.8, 4) is 0 Å². The van der Waals surface area contributed by atoms with E-state index >= 15 is 0 Å². The molecule has 1 heterocycles. The zero-order chi connectivity index (χ0) is 14.2. The largest absolute Gasteiger partial charge is 0.314 e. The zero-order valence-corrected chi connectivity index (χ0v) is 13.4. The number of nitrogens with zero attached hydrogens (tertiary/aromatic N) is 1. The first-order chi connectivity index (χ1) is 9.53. The average Bonchev–Trinajstić information content (AvgIpc) is 2.89. The second-order valence-electron chi connectivity index (χ2n) is 7.02. The van der Waals surface area contributed by atoms with Crippen molar-refractivity contribution in [3.63, 3.8) is 0 Å². The molecule has 2 aliphatic carbocycles. The van der Waals surface area contributed by atoms with E-state index in [9.17, 15) is 8.42 Å². The molecule has 1 aliphatic heterocycles. The Morgan fingerprint density at radius 2 is 1.85 bits per heavy atom. The molecule has 0 radical (unpaired) electrons. The summed E-state index contributed by atoms with van der Waals surface area (Å²) in [6.07, 6.45) is 10.9. The number of sulfone groups is 1. The van der Waals surface area contributed by atoms with Crippen LogP contribution >= 0.6 is 0 Å². The summed E-state index contributed by atoms with van der Waals surface area (Å²) in [4.78, 5) is 2.61. The first-order valence-electron chi connectivity index (χ1n) is 8.19. The van der Waals surface area contributed by atoms with Gasteiger partial charge in [-0.15, -0.1) is 0 Å². The van der Waals surface area contributed by atoms with Crippen molar-refractivity contribution in [2.24, 2.45) is 0 Å². The Labute approximate surface area is 123 Å². The van der Waals surface area contributed by atoms with E-state index in [4.69, 9.17) is 0 Å². The summed E-state index contributed by atoms with van der Waals surface area (Å²) in [5.74, 6) is 0. The molecule has 4 nitrogen and oxygen atoms in total. The molecule has 1 spiro atoms. The van der Waals surface area contributed by atoms with Gasteiger partial charge in [-0.05, 0) is 25.7 Å². The lowest BCUT2D eigenvalue weighted by Crippen LogP contribution is -2.66. The lowest BCUT2D eigenvalue weighted by atomic mass is 9.78. The molecule has 3 fully saturated rings. The molecule has 0 bridgehead atoms. The van der Waals surface area contributed by atoms with E-state index in [1.54, 1.807) is 0 Å². The molecular weight excluding hydrogens is 272 g/mol. The fraction of sp³-hybridized carbons (Fsp3) is 1.00. The van der Waals surface area contributed by atoms with E-state index in [0.717, 1.165) is 38.9 Å². The van der Waals surface area contributed by atoms with Crippen LogP contribution in [0.2, 0.25) is 0 Å². The van der Waals surface area contributed by atoms with Crippen LogP contribution < -0.4 is 5.32 Å². The predicted octanol–water partition coefficient (Wildman–Crippen LogP) is 1.56. The smallest absolute Gasteiger partial charge is 0.151 e. The zero-order valence-electron chi connectivity index (χ0n) is 12.6. The highest BCUT2D eigenvalue weighted by molar-refractivity contribution is 7.91. The number of nitrogens with one attached hydrogen (secondary N) is 1. The number of piperazine rings is 1. The first-order valence-corrected chi connectivity index (χ1v) is 10.1. The van der Waals surface area contributed by atoms with Crippen molar-refractivity contribution < 1.29 is 8.42 Å². The van der Waals surface area contributed by atoms with Crippen molar-refractivity contribution in [3.05, 3.63) is 0 Å². The van der Waals surface area contributed by atoms with Gasteiger partial charge in [0.1, 0.15) is 0 Å². The highest BCUT2D eigenvalue weighted by atomic mass is 32.2. The van der Waals surface area contributed by atoms with Crippen LogP contribution in [0.3, 0.4) is 0 Å². The van der Waals surface area contributed by atoms with Gasteiger partial charge < -0.3 is 5.32 Å². The Morgan fingerprint density at radius 1 is 1.10 bits per heavy atom. The van der Waals surface area contributed by atoms with Crippen molar-refractivity contribution in [2.45, 2.75) is 68.2 Å². The van der Waals surface area contributed by atoms with Crippen LogP contribution in [0, 0.1) is 0 Å². The van der Waals surface area contributed by atoms with Gasteiger partial charge in [0, 0.05) is 37.5 Å². The molecule has 2 atom stereocenters. The fourth-order valence-corrected chi connectivity index (χ4v) is 6.26. The Kier molecular flexibility index (Phi) is 4.13. The fourth-order valence-electron chi connectivity index (χ4n) is 4.81. The molecule has 0 aromatic rings. The van der Waals surface area contributed by atoms with E-state index in [1.807, 2.05) is 0 Å². The molecule has 116 valence electrons. The van der Waals surface area contributed by atoms with Crippen LogP contribution in [0.15, 0.2) is 0 Å². The maximum absolute atomic E-state index is 12.1. The van der Waals surface area contributed by atoms with Gasteiger partial charge in [-0.2, -0.15) is 0 Å². The summed E-state index contributed by atoms with van der Waals surface area (Å²) in [6.45, 7) is 3.09. The lowest BCUT2D eigenvalue weighted by Gasteiger charge is -2.53. The maximum atomic E-state index is 12.1. The molecule has 2 saturated carbocycles. The maximum Gasteiger partial charge on any atom is 0.151 e. The van der Waals surface area contributed by atoms with Gasteiger partial charge in [0.05, 0.1) is 5.25 Å². The third kappa shape index (κ3) is 2.64. The monoisotopic (exact) mass is 300 g/mol. The van der Waals surface area contributed by atoms with Crippen LogP contribution in [0.4, 0.5) is 0 Å². The summed E-state index contributed by atoms with van der Waals surface area (Å²) in [6, 6.07) is 0.269. The van der Waals surface area contributed by atoms with E-state index in [-0.39, 0.29) is 16.8 Å². The van der Waals surface area contributed by atoms with Gasteiger partial charge >= 0.3 is 0 Å². The van der Waals surface area contributed by atoms with Crippen LogP contribution in [-0.2, 0) is 9.84 Å². The number of hydrogen-bond donors (Lipinski definition) is 1. The highest BCUT2D eigenvalue weighted by Crippen LogP contribution is 2.40. The predicted molar refractivity (Wildman–Crippen MR) is 81.7 cm³/mol. The molecule has 3 rings (SSSR count). The third-order valence-corrected chi connectivity index (χ3v) is 7.39. The van der Waals surface area contributed by atoms with Gasteiger partial charge in [-0.1, -0.05) is 25.7 Å². The SMILES string of the molecule is CS(=O)(=O)C1CCCC1N1CCNCC12CCCCC2. The number of rotatable bonds is 2. The minimum absolute atomic E-state index is 0.126. The van der Waals surface area contributed by atoms with Crippen molar-refractivity contribution in [2.75, 3.05) is 25.9 Å². The molecular formula is C15H28N2O2S. The van der Waals surface area contributed by atoms with Crippen LogP contribution in [0.5, 0.6) is 0 Å². The highest BCUT2D eigenvalue weighted by Gasteiger charge is 2.48. The minimum atomic E-state index is -2.92. The second kappa shape index (κ2) is 5.58. The average molecular weight is 300 g/mol. The van der Waals surface area contributed by atoms with Gasteiger partial charge in [0.15, 0.2) is 9.84 Å². The van der Waals surface area contributed by atoms with Gasteiger partial charge in [0.2, 0.25) is 0 Å². The van der Waals surface area contributed by atoms with Crippen molar-refractivity contribution >= 4 is 9.84 Å². The molecule has 2 unspecified atom stereocenters. The molecule has 0 aromatic carbocycles. The summed E-state index contributed by atoms with van der Waals surface area (Å²) in [5.41, 5.74) is 0.244. The molecule has 1 N–H and O–H groups in total. The Balaban J connectivity index is 1.86. The quantitative estimate of drug-likeness (QED) is 0.841. The van der Waals surface area contributed by atoms with Gasteiger partial charge in [0.25, 0.3) is 0 Å². The van der Waals surface area contributed by atoms with Crippen LogP contribution in [-0.4, -0.2) is 56.0 Å². The summed E-state index contributed by atoms with van der Waals surface area (Å²) < 4.78 is 24.2. The molecule has 0 amide bonds. The summed E-state index contributed by atoms with van der Waals surface area (Å²) >= 11 is 0. The molecule has 0 aromatic heterocycles. The van der Waals surface area contributed by atoms with Crippen molar-refractivity contribution in [1.82, 2.24) is 10.2 Å². The van der Waals surface area contributed by atoms with Crippen molar-refractivity contribution in [1.29, 1.82) is 0 Å². The minimum Gasteiger partial charge on any atom is -0.314 e. The van der Waals surface area contributed by atoms with E-state index in [2.05, 4.69) is 10.2 Å². The van der Waals surface area contributed by atoms with Crippen LogP contribution in [0.25, 0.3) is 0 Å². The Bertz CT molecular complexity index is 435. The molecule has 5 heteroatoms. The number of hydrogen-bond acceptors (Lipinski definition) is 4. The topological polar surface area (TPSA) is 49.4 Å².